The smallest absolute Gasteiger partial charge is 0.407 e. The lowest BCUT2D eigenvalue weighted by Gasteiger charge is -2.23. The number of ether oxygens (including phenoxy) is 2. The number of hydrogen-bond acceptors (Lipinski definition) is 7. The van der Waals surface area contributed by atoms with Crippen LogP contribution in [0.1, 0.15) is 5.56 Å². The summed E-state index contributed by atoms with van der Waals surface area (Å²) >= 11 is 0. The number of rotatable bonds is 6. The van der Waals surface area contributed by atoms with Crippen LogP contribution in [0.5, 0.6) is 5.75 Å². The zero-order valence-electron chi connectivity index (χ0n) is 14.9. The number of β-amino-alcohol motifs (C(OH)–C–C–N with tert-alkyl or cyclic N) is 2. The molecule has 8 nitrogen and oxygen atoms in total. The van der Waals surface area contributed by atoms with Crippen molar-refractivity contribution in [2.45, 2.75) is 30.8 Å². The van der Waals surface area contributed by atoms with Crippen molar-refractivity contribution >= 4 is 6.09 Å². The molecule has 0 bridgehead atoms. The number of carbonyl (C=O) groups is 1. The minimum atomic E-state index is -0.747. The molecule has 5 atom stereocenters. The average Bonchev–Trinajstić information content (AvgIpc) is 3.20. The van der Waals surface area contributed by atoms with Crippen molar-refractivity contribution in [1.82, 2.24) is 16.0 Å². The Hall–Kier alpha value is -1.87. The predicted molar refractivity (Wildman–Crippen MR) is 95.1 cm³/mol. The average molecular weight is 365 g/mol. The summed E-state index contributed by atoms with van der Waals surface area (Å²) in [5, 5.41) is 28.9. The van der Waals surface area contributed by atoms with Crippen molar-refractivity contribution in [3.63, 3.8) is 0 Å². The molecule has 0 saturated carbocycles. The van der Waals surface area contributed by atoms with E-state index in [1.54, 1.807) is 7.11 Å². The van der Waals surface area contributed by atoms with Crippen LogP contribution in [0, 0.1) is 5.92 Å². The van der Waals surface area contributed by atoms with E-state index in [0.717, 1.165) is 11.3 Å². The molecular formula is C18H27N3O5. The monoisotopic (exact) mass is 365 g/mol. The van der Waals surface area contributed by atoms with E-state index in [9.17, 15) is 15.0 Å². The number of carbonyl (C=O) groups excluding carboxylic acids is 1. The molecule has 144 valence electrons. The molecule has 1 amide bonds. The summed E-state index contributed by atoms with van der Waals surface area (Å²) in [6.07, 6.45) is -1.77. The summed E-state index contributed by atoms with van der Waals surface area (Å²) in [6.45, 7) is 1.92. The first-order valence-corrected chi connectivity index (χ1v) is 8.94. The topological polar surface area (TPSA) is 112 Å². The molecule has 8 heteroatoms. The van der Waals surface area contributed by atoms with Gasteiger partial charge in [0, 0.05) is 32.1 Å². The Bertz CT molecular complexity index is 597. The number of alkyl carbamates (subject to hydrolysis) is 1. The predicted octanol–water partition coefficient (Wildman–Crippen LogP) is -0.754. The quantitative estimate of drug-likeness (QED) is 0.451. The van der Waals surface area contributed by atoms with Crippen LogP contribution in [0.3, 0.4) is 0 Å². The standard InChI is InChI=1S/C18H27N3O5/c1-25-13-4-2-11(3-5-13)6-14-17(16(23)10-20-14)26-18(24)21-8-12-7-19-9-15(12)22/h2-5,12,14-17,19-20,22-23H,6-10H2,1H3,(H,21,24)/t12-,14-,15-,16+,17+/m1/s1. The molecule has 2 aliphatic rings. The molecule has 0 spiro atoms. The van der Waals surface area contributed by atoms with Gasteiger partial charge < -0.3 is 35.6 Å². The molecule has 0 aliphatic carbocycles. The van der Waals surface area contributed by atoms with Gasteiger partial charge in [-0.15, -0.1) is 0 Å². The first kappa shape index (κ1) is 18.9. The minimum absolute atomic E-state index is 0.0238. The van der Waals surface area contributed by atoms with Crippen LogP contribution in [0.2, 0.25) is 0 Å². The molecule has 0 unspecified atom stereocenters. The van der Waals surface area contributed by atoms with Crippen LogP contribution >= 0.6 is 0 Å². The summed E-state index contributed by atoms with van der Waals surface area (Å²) in [6, 6.07) is 7.50. The van der Waals surface area contributed by atoms with Crippen molar-refractivity contribution < 1.29 is 24.5 Å². The van der Waals surface area contributed by atoms with Crippen LogP contribution < -0.4 is 20.7 Å². The normalized spacial score (nSPS) is 31.0. The van der Waals surface area contributed by atoms with Gasteiger partial charge in [-0.3, -0.25) is 0 Å². The molecule has 1 aromatic carbocycles. The molecule has 3 rings (SSSR count). The fourth-order valence-electron chi connectivity index (χ4n) is 3.44. The highest BCUT2D eigenvalue weighted by atomic mass is 16.6. The maximum absolute atomic E-state index is 12.1. The third-order valence-electron chi connectivity index (χ3n) is 5.04. The fraction of sp³-hybridized carbons (Fsp3) is 0.611. The first-order chi connectivity index (χ1) is 12.6. The molecule has 2 aliphatic heterocycles. The minimum Gasteiger partial charge on any atom is -0.497 e. The van der Waals surface area contributed by atoms with Crippen molar-refractivity contribution in [3.05, 3.63) is 29.8 Å². The van der Waals surface area contributed by atoms with E-state index in [1.165, 1.54) is 0 Å². The third-order valence-corrected chi connectivity index (χ3v) is 5.04. The molecule has 2 heterocycles. The van der Waals surface area contributed by atoms with Gasteiger partial charge in [-0.05, 0) is 24.1 Å². The number of amides is 1. The molecule has 0 aromatic heterocycles. The summed E-state index contributed by atoms with van der Waals surface area (Å²) in [7, 11) is 1.62. The third kappa shape index (κ3) is 4.64. The van der Waals surface area contributed by atoms with Crippen molar-refractivity contribution in [1.29, 1.82) is 0 Å². The zero-order valence-corrected chi connectivity index (χ0v) is 14.9. The van der Waals surface area contributed by atoms with Gasteiger partial charge in [0.15, 0.2) is 0 Å². The summed E-state index contributed by atoms with van der Waals surface area (Å²) < 4.78 is 10.6. The van der Waals surface area contributed by atoms with Crippen LogP contribution in [0.4, 0.5) is 4.79 Å². The van der Waals surface area contributed by atoms with Gasteiger partial charge in [0.2, 0.25) is 0 Å². The molecule has 26 heavy (non-hydrogen) atoms. The van der Waals surface area contributed by atoms with Gasteiger partial charge in [-0.1, -0.05) is 12.1 Å². The highest BCUT2D eigenvalue weighted by Gasteiger charge is 2.38. The number of hydrogen-bond donors (Lipinski definition) is 5. The molecule has 1 aromatic rings. The van der Waals surface area contributed by atoms with Gasteiger partial charge in [-0.2, -0.15) is 0 Å². The van der Waals surface area contributed by atoms with Crippen LogP contribution in [-0.4, -0.2) is 73.9 Å². The van der Waals surface area contributed by atoms with E-state index in [1.807, 2.05) is 24.3 Å². The Balaban J connectivity index is 1.51. The SMILES string of the molecule is COc1ccc(C[C@H]2NC[C@H](O)[C@H]2OC(=O)NC[C@H]2CNC[C@H]2O)cc1. The Morgan fingerprint density at radius 2 is 1.96 bits per heavy atom. The van der Waals surface area contributed by atoms with E-state index < -0.39 is 24.4 Å². The highest BCUT2D eigenvalue weighted by Crippen LogP contribution is 2.19. The van der Waals surface area contributed by atoms with Gasteiger partial charge in [-0.25, -0.2) is 4.79 Å². The number of benzene rings is 1. The van der Waals surface area contributed by atoms with E-state index >= 15 is 0 Å². The lowest BCUT2D eigenvalue weighted by molar-refractivity contribution is 0.0180. The Morgan fingerprint density at radius 1 is 1.19 bits per heavy atom. The molecule has 5 N–H and O–H groups in total. The molecular weight excluding hydrogens is 338 g/mol. The number of nitrogens with one attached hydrogen (secondary N) is 3. The molecule has 0 radical (unpaired) electrons. The second-order valence-electron chi connectivity index (χ2n) is 6.87. The van der Waals surface area contributed by atoms with Gasteiger partial charge in [0.1, 0.15) is 18.0 Å². The van der Waals surface area contributed by atoms with Crippen LogP contribution in [0.15, 0.2) is 24.3 Å². The lowest BCUT2D eigenvalue weighted by atomic mass is 10.0. The van der Waals surface area contributed by atoms with Gasteiger partial charge in [0.05, 0.1) is 19.3 Å². The summed E-state index contributed by atoms with van der Waals surface area (Å²) in [4.78, 5) is 12.1. The van der Waals surface area contributed by atoms with Crippen molar-refractivity contribution in [3.8, 4) is 5.75 Å². The summed E-state index contributed by atoms with van der Waals surface area (Å²) in [5.74, 6) is 0.758. The van der Waals surface area contributed by atoms with Gasteiger partial charge in [0.25, 0.3) is 0 Å². The second-order valence-corrected chi connectivity index (χ2v) is 6.87. The molecule has 2 saturated heterocycles. The van der Waals surface area contributed by atoms with E-state index in [2.05, 4.69) is 16.0 Å². The summed E-state index contributed by atoms with van der Waals surface area (Å²) in [5.41, 5.74) is 1.06. The lowest BCUT2D eigenvalue weighted by Crippen LogP contribution is -2.43. The Morgan fingerprint density at radius 3 is 2.62 bits per heavy atom. The number of aliphatic hydroxyl groups is 2. The maximum Gasteiger partial charge on any atom is 0.407 e. The van der Waals surface area contributed by atoms with Gasteiger partial charge >= 0.3 is 6.09 Å². The second kappa shape index (κ2) is 8.68. The largest absolute Gasteiger partial charge is 0.497 e. The van der Waals surface area contributed by atoms with Crippen molar-refractivity contribution in [2.24, 2.45) is 5.92 Å². The van der Waals surface area contributed by atoms with Crippen LogP contribution in [-0.2, 0) is 11.2 Å². The highest BCUT2D eigenvalue weighted by molar-refractivity contribution is 5.67. The van der Waals surface area contributed by atoms with Crippen LogP contribution in [0.25, 0.3) is 0 Å². The number of methoxy groups -OCH3 is 1. The maximum atomic E-state index is 12.1. The Kier molecular flexibility index (Phi) is 6.31. The zero-order chi connectivity index (χ0) is 18.5. The fourth-order valence-corrected chi connectivity index (χ4v) is 3.44. The van der Waals surface area contributed by atoms with E-state index in [-0.39, 0.29) is 12.0 Å². The first-order valence-electron chi connectivity index (χ1n) is 8.94. The van der Waals surface area contributed by atoms with E-state index in [0.29, 0.717) is 32.6 Å². The number of aliphatic hydroxyl groups excluding tert-OH is 2. The molecule has 2 fully saturated rings. The Labute approximate surface area is 152 Å². The van der Waals surface area contributed by atoms with Crippen molar-refractivity contribution in [2.75, 3.05) is 33.3 Å². The van der Waals surface area contributed by atoms with E-state index in [4.69, 9.17) is 9.47 Å².